The molecule has 18 nitrogen and oxygen atoms in total. The van der Waals surface area contributed by atoms with Gasteiger partial charge >= 0.3 is 0 Å². The van der Waals surface area contributed by atoms with Gasteiger partial charge in [-0.2, -0.15) is 27.1 Å². The number of hydrogen-bond acceptors (Lipinski definition) is 14. The van der Waals surface area contributed by atoms with E-state index in [-0.39, 0.29) is 22.6 Å². The normalized spacial score (nSPS) is 12.0. The second-order valence-corrected chi connectivity index (χ2v) is 11.0. The second-order valence-electron chi connectivity index (χ2n) is 8.30. The molecule has 0 aliphatic heterocycles. The standard InChI is InChI=1S/C22H15N7O11S2/c23-18-16(10-1-5-12(6-2-10)28(31)32)15(41(35,36)37)9-14-17(18)21(30)20(22(19(14)25-24)42(38,39)40)27-26-11-3-7-13(8-4-11)29(33)34/h1-9,24,30H,23H2,(H,35,36,37)(H,38,39,40). The van der Waals surface area contributed by atoms with Crippen molar-refractivity contribution in [3.8, 4) is 16.9 Å². The average Bonchev–Trinajstić information content (AvgIpc) is 2.91. The van der Waals surface area contributed by atoms with Gasteiger partial charge in [-0.25, -0.2) is 5.53 Å². The van der Waals surface area contributed by atoms with Crippen molar-refractivity contribution in [2.45, 2.75) is 9.79 Å². The fraction of sp³-hybridized carbons (Fsp3) is 0. The first kappa shape index (κ1) is 29.5. The highest BCUT2D eigenvalue weighted by Crippen LogP contribution is 2.53. The van der Waals surface area contributed by atoms with E-state index in [2.05, 4.69) is 15.3 Å². The van der Waals surface area contributed by atoms with Crippen molar-refractivity contribution in [2.75, 3.05) is 5.73 Å². The Kier molecular flexibility index (Phi) is 7.39. The maximum Gasteiger partial charge on any atom is 0.299 e. The Balaban J connectivity index is 2.14. The van der Waals surface area contributed by atoms with E-state index < -0.39 is 79.0 Å². The summed E-state index contributed by atoms with van der Waals surface area (Å²) in [5.74, 6) is -1.08. The number of aromatic hydroxyl groups is 1. The number of nitro groups is 2. The minimum atomic E-state index is -5.38. The molecule has 216 valence electrons. The minimum absolute atomic E-state index is 0.0768. The van der Waals surface area contributed by atoms with E-state index in [0.717, 1.165) is 48.5 Å². The first-order chi connectivity index (χ1) is 19.6. The molecule has 0 bridgehead atoms. The molecule has 0 spiro atoms. The zero-order valence-corrected chi connectivity index (χ0v) is 22.1. The second kappa shape index (κ2) is 10.5. The Labute approximate surface area is 234 Å². The van der Waals surface area contributed by atoms with Gasteiger partial charge in [-0.3, -0.25) is 29.3 Å². The van der Waals surface area contributed by atoms with Gasteiger partial charge < -0.3 is 10.8 Å². The lowest BCUT2D eigenvalue weighted by atomic mass is 9.96. The van der Waals surface area contributed by atoms with Gasteiger partial charge in [-0.1, -0.05) is 0 Å². The number of phenolic OH excluding ortho intramolecular Hbond substituents is 1. The Morgan fingerprint density at radius 3 is 1.79 bits per heavy atom. The Bertz CT molecular complexity index is 2060. The van der Waals surface area contributed by atoms with Crippen molar-refractivity contribution in [2.24, 2.45) is 15.3 Å². The highest BCUT2D eigenvalue weighted by Gasteiger charge is 2.32. The average molecular weight is 618 g/mol. The Hall–Kier alpha value is -5.44. The molecule has 0 saturated carbocycles. The SMILES string of the molecule is N=Nc1c(S(=O)(=O)O)c(N=Nc2ccc([N+](=O)[O-])cc2)c(O)c2c(N)c(-c3ccc([N+](=O)[O-])cc3)c(S(=O)(=O)O)cc12. The molecule has 0 aliphatic carbocycles. The number of fused-ring (bicyclic) bond motifs is 1. The van der Waals surface area contributed by atoms with E-state index in [4.69, 9.17) is 11.3 Å². The maximum atomic E-state index is 12.4. The molecule has 0 radical (unpaired) electrons. The van der Waals surface area contributed by atoms with Crippen molar-refractivity contribution in [3.63, 3.8) is 0 Å². The number of nitrogens with one attached hydrogen (secondary N) is 1. The summed E-state index contributed by atoms with van der Waals surface area (Å²) in [5, 5.41) is 42.4. The van der Waals surface area contributed by atoms with Gasteiger partial charge in [0.1, 0.15) is 10.6 Å². The van der Waals surface area contributed by atoms with Gasteiger partial charge in [0.25, 0.3) is 31.6 Å². The lowest BCUT2D eigenvalue weighted by Crippen LogP contribution is -2.06. The first-order valence-corrected chi connectivity index (χ1v) is 13.8. The summed E-state index contributed by atoms with van der Waals surface area (Å²) in [7, 11) is -10.6. The molecule has 4 aromatic carbocycles. The van der Waals surface area contributed by atoms with Crippen molar-refractivity contribution in [1.29, 1.82) is 5.53 Å². The molecule has 42 heavy (non-hydrogen) atoms. The Morgan fingerprint density at radius 1 is 0.810 bits per heavy atom. The van der Waals surface area contributed by atoms with Gasteiger partial charge in [-0.05, 0) is 35.9 Å². The van der Waals surface area contributed by atoms with E-state index in [1.807, 2.05) is 0 Å². The fourth-order valence-corrected chi connectivity index (χ4v) is 5.56. The predicted octanol–water partition coefficient (Wildman–Crippen LogP) is 5.18. The number of nitrogens with zero attached hydrogens (tertiary/aromatic N) is 5. The van der Waals surface area contributed by atoms with Crippen LogP contribution in [0.15, 0.2) is 79.7 Å². The molecule has 0 atom stereocenters. The molecule has 6 N–H and O–H groups in total. The molecule has 20 heteroatoms. The molecule has 0 unspecified atom stereocenters. The van der Waals surface area contributed by atoms with Crippen LogP contribution in [0.1, 0.15) is 0 Å². The third-order valence-electron chi connectivity index (χ3n) is 5.82. The van der Waals surface area contributed by atoms with Crippen molar-refractivity contribution >= 4 is 65.1 Å². The number of nitrogens with two attached hydrogens (primary N) is 1. The van der Waals surface area contributed by atoms with Crippen molar-refractivity contribution in [3.05, 3.63) is 74.8 Å². The predicted molar refractivity (Wildman–Crippen MR) is 144 cm³/mol. The highest BCUT2D eigenvalue weighted by atomic mass is 32.2. The van der Waals surface area contributed by atoms with Gasteiger partial charge in [-0.15, -0.1) is 5.11 Å². The van der Waals surface area contributed by atoms with E-state index in [0.29, 0.717) is 6.07 Å². The lowest BCUT2D eigenvalue weighted by molar-refractivity contribution is -0.385. The van der Waals surface area contributed by atoms with Crippen LogP contribution in [-0.2, 0) is 20.2 Å². The smallest absolute Gasteiger partial charge is 0.299 e. The van der Waals surface area contributed by atoms with Gasteiger partial charge in [0.2, 0.25) is 0 Å². The van der Waals surface area contributed by atoms with Crippen molar-refractivity contribution in [1.82, 2.24) is 0 Å². The molecule has 4 rings (SSSR count). The monoisotopic (exact) mass is 617 g/mol. The number of non-ortho nitro benzene ring substituents is 2. The fourth-order valence-electron chi connectivity index (χ4n) is 4.03. The first-order valence-electron chi connectivity index (χ1n) is 10.9. The number of nitro benzene ring substituents is 2. The van der Waals surface area contributed by atoms with Crippen LogP contribution in [0.3, 0.4) is 0 Å². The molecule has 4 aromatic rings. The topological polar surface area (TPSA) is 302 Å². The molecular weight excluding hydrogens is 602 g/mol. The molecule has 0 fully saturated rings. The quantitative estimate of drug-likeness (QED) is 0.0561. The number of azo groups is 1. The maximum absolute atomic E-state index is 12.4. The number of anilines is 1. The van der Waals surface area contributed by atoms with E-state index in [1.54, 1.807) is 0 Å². The van der Waals surface area contributed by atoms with Gasteiger partial charge in [0, 0.05) is 35.2 Å². The lowest BCUT2D eigenvalue weighted by Gasteiger charge is -2.18. The highest BCUT2D eigenvalue weighted by molar-refractivity contribution is 7.86. The molecule has 0 heterocycles. The van der Waals surface area contributed by atoms with Crippen LogP contribution in [0.4, 0.5) is 34.1 Å². The van der Waals surface area contributed by atoms with Gasteiger partial charge in [0.15, 0.2) is 16.3 Å². The third-order valence-corrected chi connectivity index (χ3v) is 7.60. The third kappa shape index (κ3) is 5.32. The number of benzene rings is 4. The van der Waals surface area contributed by atoms with Crippen LogP contribution < -0.4 is 5.73 Å². The van der Waals surface area contributed by atoms with Crippen LogP contribution in [-0.4, -0.2) is 40.9 Å². The van der Waals surface area contributed by atoms with Crippen LogP contribution in [0.2, 0.25) is 0 Å². The molecule has 0 amide bonds. The number of hydrogen-bond donors (Lipinski definition) is 5. The summed E-state index contributed by atoms with van der Waals surface area (Å²) < 4.78 is 69.4. The summed E-state index contributed by atoms with van der Waals surface area (Å²) in [6.45, 7) is 0. The van der Waals surface area contributed by atoms with E-state index in [1.165, 1.54) is 0 Å². The zero-order chi connectivity index (χ0) is 31.1. The molecular formula is C22H15N7O11S2. The largest absolute Gasteiger partial charge is 0.505 e. The number of rotatable bonds is 8. The van der Waals surface area contributed by atoms with Crippen molar-refractivity contribution < 1.29 is 40.9 Å². The molecule has 0 aliphatic rings. The number of nitrogen functional groups attached to an aromatic ring is 1. The van der Waals surface area contributed by atoms with Gasteiger partial charge in [0.05, 0.1) is 26.6 Å². The van der Waals surface area contributed by atoms with E-state index in [9.17, 15) is 51.3 Å². The summed E-state index contributed by atoms with van der Waals surface area (Å²) in [6.07, 6.45) is 0. The summed E-state index contributed by atoms with van der Waals surface area (Å²) in [4.78, 5) is 18.3. The minimum Gasteiger partial charge on any atom is -0.505 e. The van der Waals surface area contributed by atoms with Crippen LogP contribution in [0, 0.1) is 25.8 Å². The van der Waals surface area contributed by atoms with Crippen LogP contribution >= 0.6 is 0 Å². The molecule has 0 saturated heterocycles. The zero-order valence-electron chi connectivity index (χ0n) is 20.4. The van der Waals surface area contributed by atoms with Crippen LogP contribution in [0.25, 0.3) is 21.9 Å². The summed E-state index contributed by atoms with van der Waals surface area (Å²) in [5.41, 5.74) is 9.91. The molecule has 0 aromatic heterocycles. The van der Waals surface area contributed by atoms with E-state index >= 15 is 0 Å². The summed E-state index contributed by atoms with van der Waals surface area (Å²) >= 11 is 0. The van der Waals surface area contributed by atoms with Crippen LogP contribution in [0.5, 0.6) is 5.75 Å². The summed E-state index contributed by atoms with van der Waals surface area (Å²) in [6, 6.07) is 9.19. The Morgan fingerprint density at radius 2 is 1.33 bits per heavy atom. The number of phenols is 1.